The topological polar surface area (TPSA) is 29.3 Å². The molecule has 0 saturated carbocycles. The van der Waals surface area contributed by atoms with Gasteiger partial charge >= 0.3 is 6.18 Å². The summed E-state index contributed by atoms with van der Waals surface area (Å²) < 4.78 is 52.9. The van der Waals surface area contributed by atoms with Crippen molar-refractivity contribution in [2.24, 2.45) is 11.8 Å². The van der Waals surface area contributed by atoms with E-state index in [4.69, 9.17) is 5.84 Å². The molecule has 1 aliphatic rings. The third-order valence-corrected chi connectivity index (χ3v) is 4.79. The van der Waals surface area contributed by atoms with E-state index in [0.29, 0.717) is 6.54 Å². The van der Waals surface area contributed by atoms with Crippen molar-refractivity contribution in [2.75, 3.05) is 6.54 Å². The molecule has 1 aliphatic heterocycles. The van der Waals surface area contributed by atoms with Gasteiger partial charge in [0, 0.05) is 6.54 Å². The number of nitrogens with two attached hydrogens (primary N) is 1. The highest BCUT2D eigenvalue weighted by molar-refractivity contribution is 5.29. The molecule has 2 atom stereocenters. The van der Waals surface area contributed by atoms with E-state index in [1.165, 1.54) is 0 Å². The summed E-state index contributed by atoms with van der Waals surface area (Å²) in [5.41, 5.74) is 0.277. The van der Waals surface area contributed by atoms with Crippen molar-refractivity contribution in [3.8, 4) is 0 Å². The summed E-state index contributed by atoms with van der Waals surface area (Å²) in [6.07, 6.45) is -2.62. The first-order valence-corrected chi connectivity index (χ1v) is 8.28. The molecule has 0 spiro atoms. The quantitative estimate of drug-likeness (QED) is 0.640. The molecule has 2 aromatic carbocycles. The fourth-order valence-corrected chi connectivity index (χ4v) is 3.62. The molecule has 2 nitrogen and oxygen atoms in total. The van der Waals surface area contributed by atoms with Crippen molar-refractivity contribution >= 4 is 0 Å². The number of hydrogen-bond acceptors (Lipinski definition) is 2. The lowest BCUT2D eigenvalue weighted by Crippen LogP contribution is -2.44. The van der Waals surface area contributed by atoms with Crippen molar-refractivity contribution in [2.45, 2.75) is 31.5 Å². The summed E-state index contributed by atoms with van der Waals surface area (Å²) in [5, 5.41) is 1.72. The molecule has 0 unspecified atom stereocenters. The maximum atomic E-state index is 14.1. The monoisotopic (exact) mass is 352 g/mol. The molecule has 0 aliphatic carbocycles. The third kappa shape index (κ3) is 4.02. The summed E-state index contributed by atoms with van der Waals surface area (Å²) >= 11 is 0. The zero-order valence-electron chi connectivity index (χ0n) is 13.6. The molecule has 0 amide bonds. The van der Waals surface area contributed by atoms with Crippen molar-refractivity contribution in [1.82, 2.24) is 5.01 Å². The van der Waals surface area contributed by atoms with Crippen molar-refractivity contribution in [3.05, 3.63) is 71.0 Å². The van der Waals surface area contributed by atoms with E-state index in [2.05, 4.69) is 0 Å². The Morgan fingerprint density at radius 2 is 1.80 bits per heavy atom. The van der Waals surface area contributed by atoms with Crippen LogP contribution in [0.1, 0.15) is 35.6 Å². The Kier molecular flexibility index (Phi) is 5.11. The Balaban J connectivity index is 1.90. The largest absolute Gasteiger partial charge is 0.416 e. The van der Waals surface area contributed by atoms with Gasteiger partial charge in [0.25, 0.3) is 0 Å². The summed E-state index contributed by atoms with van der Waals surface area (Å²) in [5.74, 6) is 5.51. The van der Waals surface area contributed by atoms with Gasteiger partial charge in [0.2, 0.25) is 0 Å². The van der Waals surface area contributed by atoms with Gasteiger partial charge in [-0.15, -0.1) is 0 Å². The highest BCUT2D eigenvalue weighted by atomic mass is 19.4. The molecule has 134 valence electrons. The van der Waals surface area contributed by atoms with Crippen LogP contribution in [-0.2, 0) is 12.6 Å². The first-order valence-electron chi connectivity index (χ1n) is 8.28. The fraction of sp³-hybridized carbons (Fsp3) is 0.368. The highest BCUT2D eigenvalue weighted by Gasteiger charge is 2.34. The number of halogens is 4. The SMILES string of the molecule is NN1CCC[C@@H](Cc2cc(C(F)(F)F)ccc2F)[C@H]1c1ccccc1. The first kappa shape index (κ1) is 17.9. The summed E-state index contributed by atoms with van der Waals surface area (Å²) in [6, 6.07) is 12.1. The molecule has 0 aromatic heterocycles. The van der Waals surface area contributed by atoms with Crippen LogP contribution in [0.4, 0.5) is 17.6 Å². The van der Waals surface area contributed by atoms with E-state index < -0.39 is 17.6 Å². The number of benzene rings is 2. The fourth-order valence-electron chi connectivity index (χ4n) is 3.62. The Labute approximate surface area is 144 Å². The number of piperidine rings is 1. The van der Waals surface area contributed by atoms with Crippen LogP contribution in [0, 0.1) is 11.7 Å². The second-order valence-electron chi connectivity index (χ2n) is 6.50. The number of alkyl halides is 3. The van der Waals surface area contributed by atoms with Crippen LogP contribution < -0.4 is 5.84 Å². The predicted octanol–water partition coefficient (Wildman–Crippen LogP) is 4.71. The van der Waals surface area contributed by atoms with Crippen LogP contribution in [0.3, 0.4) is 0 Å². The lowest BCUT2D eigenvalue weighted by atomic mass is 9.81. The standard InChI is InChI=1S/C19H20F4N2/c20-17-9-8-16(19(21,22)23)12-15(17)11-14-7-4-10-25(24)18(14)13-5-2-1-3-6-13/h1-3,5-6,8-9,12,14,18H,4,7,10-11,24H2/t14-,18+/m0/s1. The maximum absolute atomic E-state index is 14.1. The van der Waals surface area contributed by atoms with E-state index in [9.17, 15) is 17.6 Å². The molecule has 3 rings (SSSR count). The minimum atomic E-state index is -4.48. The molecular formula is C19H20F4N2. The Hall–Kier alpha value is -1.92. The molecule has 2 N–H and O–H groups in total. The Bertz CT molecular complexity index is 715. The van der Waals surface area contributed by atoms with Gasteiger partial charge in [0.15, 0.2) is 0 Å². The lowest BCUT2D eigenvalue weighted by molar-refractivity contribution is -0.137. The van der Waals surface area contributed by atoms with E-state index in [0.717, 1.165) is 36.6 Å². The smallest absolute Gasteiger partial charge is 0.268 e. The second kappa shape index (κ2) is 7.14. The summed E-state index contributed by atoms with van der Waals surface area (Å²) in [6.45, 7) is 0.709. The average Bonchev–Trinajstić information content (AvgIpc) is 2.57. The van der Waals surface area contributed by atoms with Gasteiger partial charge in [0.1, 0.15) is 5.82 Å². The van der Waals surface area contributed by atoms with Crippen LogP contribution in [0.2, 0.25) is 0 Å². The van der Waals surface area contributed by atoms with Gasteiger partial charge in [-0.25, -0.2) is 9.40 Å². The third-order valence-electron chi connectivity index (χ3n) is 4.79. The van der Waals surface area contributed by atoms with Gasteiger partial charge in [-0.3, -0.25) is 5.84 Å². The van der Waals surface area contributed by atoms with Crippen molar-refractivity contribution in [1.29, 1.82) is 0 Å². The van der Waals surface area contributed by atoms with Gasteiger partial charge in [-0.05, 0) is 54.5 Å². The lowest BCUT2D eigenvalue weighted by Gasteiger charge is -2.39. The van der Waals surface area contributed by atoms with E-state index in [1.54, 1.807) is 5.01 Å². The van der Waals surface area contributed by atoms with E-state index in [1.807, 2.05) is 30.3 Å². The molecule has 2 aromatic rings. The summed E-state index contributed by atoms with van der Waals surface area (Å²) in [7, 11) is 0. The average molecular weight is 352 g/mol. The second-order valence-corrected chi connectivity index (χ2v) is 6.50. The minimum Gasteiger partial charge on any atom is -0.268 e. The van der Waals surface area contributed by atoms with Gasteiger partial charge in [-0.2, -0.15) is 13.2 Å². The molecule has 0 radical (unpaired) electrons. The number of hydrazine groups is 1. The van der Waals surface area contributed by atoms with E-state index in [-0.39, 0.29) is 23.9 Å². The number of hydrogen-bond donors (Lipinski definition) is 1. The van der Waals surface area contributed by atoms with Crippen LogP contribution in [-0.4, -0.2) is 11.6 Å². The van der Waals surface area contributed by atoms with Gasteiger partial charge in [-0.1, -0.05) is 30.3 Å². The van der Waals surface area contributed by atoms with Crippen LogP contribution in [0.15, 0.2) is 48.5 Å². The Morgan fingerprint density at radius 3 is 2.48 bits per heavy atom. The van der Waals surface area contributed by atoms with Gasteiger partial charge < -0.3 is 0 Å². The molecule has 6 heteroatoms. The van der Waals surface area contributed by atoms with Crippen LogP contribution >= 0.6 is 0 Å². The molecule has 1 heterocycles. The predicted molar refractivity (Wildman–Crippen MR) is 87.9 cm³/mol. The normalized spacial score (nSPS) is 22.1. The molecular weight excluding hydrogens is 332 g/mol. The molecule has 25 heavy (non-hydrogen) atoms. The number of nitrogens with zero attached hydrogens (tertiary/aromatic N) is 1. The maximum Gasteiger partial charge on any atom is 0.416 e. The van der Waals surface area contributed by atoms with Gasteiger partial charge in [0.05, 0.1) is 11.6 Å². The highest BCUT2D eigenvalue weighted by Crippen LogP contribution is 2.37. The van der Waals surface area contributed by atoms with Crippen LogP contribution in [0.5, 0.6) is 0 Å². The molecule has 0 bridgehead atoms. The molecule has 1 fully saturated rings. The minimum absolute atomic E-state index is 0.0425. The van der Waals surface area contributed by atoms with Crippen LogP contribution in [0.25, 0.3) is 0 Å². The number of rotatable bonds is 3. The van der Waals surface area contributed by atoms with E-state index >= 15 is 0 Å². The zero-order chi connectivity index (χ0) is 18.0. The Morgan fingerprint density at radius 1 is 1.08 bits per heavy atom. The summed E-state index contributed by atoms with van der Waals surface area (Å²) in [4.78, 5) is 0. The molecule has 1 saturated heterocycles. The van der Waals surface area contributed by atoms with Crippen molar-refractivity contribution < 1.29 is 17.6 Å². The van der Waals surface area contributed by atoms with Crippen molar-refractivity contribution in [3.63, 3.8) is 0 Å². The first-order chi connectivity index (χ1) is 11.9. The zero-order valence-corrected chi connectivity index (χ0v) is 13.6.